The van der Waals surface area contributed by atoms with Gasteiger partial charge in [-0.1, -0.05) is 0 Å². The number of nitrogens with zero attached hydrogens (tertiary/aromatic N) is 1. The first-order valence-corrected chi connectivity index (χ1v) is 6.12. The average Bonchev–Trinajstić information content (AvgIpc) is 2.28. The second-order valence-electron chi connectivity index (χ2n) is 4.55. The van der Waals surface area contributed by atoms with Gasteiger partial charge in [0.2, 0.25) is 0 Å². The van der Waals surface area contributed by atoms with Crippen LogP contribution < -0.4 is 0 Å². The molecule has 1 heterocycles. The van der Waals surface area contributed by atoms with Crippen molar-refractivity contribution in [2.45, 2.75) is 45.8 Å². The highest BCUT2D eigenvalue weighted by atomic mass is 16.5. The third-order valence-corrected chi connectivity index (χ3v) is 3.28. The molecule has 1 rings (SSSR count). The van der Waals surface area contributed by atoms with Gasteiger partial charge in [0, 0.05) is 19.2 Å². The topological polar surface area (TPSA) is 66.8 Å². The van der Waals surface area contributed by atoms with E-state index in [0.29, 0.717) is 19.6 Å². The molecule has 0 aliphatic carbocycles. The summed E-state index contributed by atoms with van der Waals surface area (Å²) in [5.74, 6) is -1.37. The van der Waals surface area contributed by atoms with Crippen molar-refractivity contribution >= 4 is 11.9 Å². The summed E-state index contributed by atoms with van der Waals surface area (Å²) >= 11 is 0. The number of carbonyl (C=O) groups is 2. The summed E-state index contributed by atoms with van der Waals surface area (Å²) in [5, 5.41) is 9.00. The highest BCUT2D eigenvalue weighted by Crippen LogP contribution is 2.23. The molecule has 1 fully saturated rings. The van der Waals surface area contributed by atoms with Crippen LogP contribution in [-0.2, 0) is 14.3 Å². The van der Waals surface area contributed by atoms with Gasteiger partial charge in [0.05, 0.1) is 5.92 Å². The lowest BCUT2D eigenvalue weighted by atomic mass is 9.93. The summed E-state index contributed by atoms with van der Waals surface area (Å²) in [6, 6.07) is 0.0982. The predicted molar refractivity (Wildman–Crippen MR) is 62.6 cm³/mol. The average molecular weight is 243 g/mol. The van der Waals surface area contributed by atoms with Gasteiger partial charge in [0.25, 0.3) is 5.91 Å². The number of carboxylic acids is 1. The maximum Gasteiger partial charge on any atom is 0.308 e. The minimum atomic E-state index is -0.821. The molecule has 1 N–H and O–H groups in total. The zero-order valence-corrected chi connectivity index (χ0v) is 10.7. The molecule has 3 atom stereocenters. The van der Waals surface area contributed by atoms with Gasteiger partial charge in [-0.3, -0.25) is 9.59 Å². The second kappa shape index (κ2) is 6.00. The van der Waals surface area contributed by atoms with Gasteiger partial charge in [0.1, 0.15) is 6.10 Å². The Kier molecular flexibility index (Phi) is 4.93. The van der Waals surface area contributed by atoms with E-state index in [1.807, 2.05) is 13.8 Å². The van der Waals surface area contributed by atoms with Crippen LogP contribution in [0.5, 0.6) is 0 Å². The second-order valence-corrected chi connectivity index (χ2v) is 4.55. The number of aliphatic carboxylic acids is 1. The highest BCUT2D eigenvalue weighted by molar-refractivity contribution is 5.82. The van der Waals surface area contributed by atoms with Crippen molar-refractivity contribution in [1.82, 2.24) is 4.90 Å². The van der Waals surface area contributed by atoms with Crippen LogP contribution in [0.25, 0.3) is 0 Å². The first-order valence-electron chi connectivity index (χ1n) is 6.12. The molecule has 0 aromatic carbocycles. The first kappa shape index (κ1) is 14.0. The molecule has 1 aliphatic heterocycles. The molecule has 0 bridgehead atoms. The van der Waals surface area contributed by atoms with Crippen LogP contribution in [0.3, 0.4) is 0 Å². The lowest BCUT2D eigenvalue weighted by Gasteiger charge is -2.37. The fourth-order valence-corrected chi connectivity index (χ4v) is 2.17. The fraction of sp³-hybridized carbons (Fsp3) is 0.833. The Morgan fingerprint density at radius 3 is 2.65 bits per heavy atom. The maximum atomic E-state index is 12.1. The van der Waals surface area contributed by atoms with Crippen molar-refractivity contribution in [2.75, 3.05) is 13.2 Å². The zero-order valence-electron chi connectivity index (χ0n) is 10.7. The number of carboxylic acid groups (broad SMARTS) is 1. The number of piperidine rings is 1. The molecule has 0 saturated carbocycles. The van der Waals surface area contributed by atoms with E-state index >= 15 is 0 Å². The number of ether oxygens (including phenoxy) is 1. The quantitative estimate of drug-likeness (QED) is 0.803. The molecule has 0 spiro atoms. The minimum Gasteiger partial charge on any atom is -0.481 e. The number of hydrogen-bond acceptors (Lipinski definition) is 3. The molecule has 5 heteroatoms. The Morgan fingerprint density at radius 2 is 2.12 bits per heavy atom. The molecule has 3 unspecified atom stereocenters. The summed E-state index contributed by atoms with van der Waals surface area (Å²) in [4.78, 5) is 24.7. The molecular weight excluding hydrogens is 222 g/mol. The Balaban J connectivity index is 2.66. The van der Waals surface area contributed by atoms with E-state index in [2.05, 4.69) is 0 Å². The number of carbonyl (C=O) groups excluding carboxylic acids is 1. The zero-order chi connectivity index (χ0) is 13.0. The Morgan fingerprint density at radius 1 is 1.47 bits per heavy atom. The maximum absolute atomic E-state index is 12.1. The fourth-order valence-electron chi connectivity index (χ4n) is 2.17. The Hall–Kier alpha value is -1.10. The van der Waals surface area contributed by atoms with Crippen LogP contribution in [0, 0.1) is 5.92 Å². The third-order valence-electron chi connectivity index (χ3n) is 3.28. The first-order chi connectivity index (χ1) is 7.97. The summed E-state index contributed by atoms with van der Waals surface area (Å²) in [6.45, 7) is 6.28. The van der Waals surface area contributed by atoms with Crippen molar-refractivity contribution in [3.05, 3.63) is 0 Å². The van der Waals surface area contributed by atoms with Gasteiger partial charge in [-0.25, -0.2) is 0 Å². The summed E-state index contributed by atoms with van der Waals surface area (Å²) in [5.41, 5.74) is 0. The van der Waals surface area contributed by atoms with E-state index in [4.69, 9.17) is 9.84 Å². The molecule has 0 radical (unpaired) electrons. The highest BCUT2D eigenvalue weighted by Gasteiger charge is 2.34. The molecule has 0 aromatic heterocycles. The van der Waals surface area contributed by atoms with Crippen LogP contribution in [0.4, 0.5) is 0 Å². The van der Waals surface area contributed by atoms with Crippen LogP contribution in [-0.4, -0.2) is 47.2 Å². The van der Waals surface area contributed by atoms with Crippen LogP contribution in [0.2, 0.25) is 0 Å². The summed E-state index contributed by atoms with van der Waals surface area (Å²) in [7, 11) is 0. The molecule has 1 saturated heterocycles. The molecule has 5 nitrogen and oxygen atoms in total. The van der Waals surface area contributed by atoms with E-state index in [1.165, 1.54) is 0 Å². The number of rotatable bonds is 4. The molecule has 17 heavy (non-hydrogen) atoms. The Bertz CT molecular complexity index is 292. The lowest BCUT2D eigenvalue weighted by molar-refractivity contribution is -0.152. The van der Waals surface area contributed by atoms with Crippen molar-refractivity contribution in [2.24, 2.45) is 5.92 Å². The van der Waals surface area contributed by atoms with Crippen molar-refractivity contribution in [1.29, 1.82) is 0 Å². The monoisotopic (exact) mass is 243 g/mol. The van der Waals surface area contributed by atoms with Crippen molar-refractivity contribution in [3.8, 4) is 0 Å². The predicted octanol–water partition coefficient (Wildman–Crippen LogP) is 1.12. The largest absolute Gasteiger partial charge is 0.481 e. The van der Waals surface area contributed by atoms with Gasteiger partial charge in [-0.05, 0) is 33.6 Å². The van der Waals surface area contributed by atoms with Crippen LogP contribution >= 0.6 is 0 Å². The Labute approximate surface area is 102 Å². The number of hydrogen-bond donors (Lipinski definition) is 1. The van der Waals surface area contributed by atoms with E-state index in [9.17, 15) is 9.59 Å². The number of amides is 1. The molecular formula is C12H21NO4. The summed E-state index contributed by atoms with van der Waals surface area (Å²) in [6.07, 6.45) is 0.889. The van der Waals surface area contributed by atoms with Gasteiger partial charge in [0.15, 0.2) is 0 Å². The third kappa shape index (κ3) is 3.43. The lowest BCUT2D eigenvalue weighted by Crippen LogP contribution is -2.50. The number of likely N-dealkylation sites (tertiary alicyclic amines) is 1. The van der Waals surface area contributed by atoms with E-state index in [0.717, 1.165) is 6.42 Å². The van der Waals surface area contributed by atoms with E-state index in [-0.39, 0.29) is 11.9 Å². The van der Waals surface area contributed by atoms with E-state index in [1.54, 1.807) is 11.8 Å². The molecule has 1 aliphatic rings. The van der Waals surface area contributed by atoms with Crippen molar-refractivity contribution < 1.29 is 19.4 Å². The van der Waals surface area contributed by atoms with Crippen LogP contribution in [0.15, 0.2) is 0 Å². The summed E-state index contributed by atoms with van der Waals surface area (Å²) < 4.78 is 5.26. The van der Waals surface area contributed by atoms with E-state index < -0.39 is 18.0 Å². The molecule has 0 aromatic rings. The molecule has 98 valence electrons. The molecule has 1 amide bonds. The van der Waals surface area contributed by atoms with Gasteiger partial charge >= 0.3 is 5.97 Å². The standard InChI is InChI=1S/C12H21NO4/c1-4-17-9(3)11(14)13-7-10(12(15)16)6-5-8(13)2/h8-10H,4-7H2,1-3H3,(H,15,16). The SMILES string of the molecule is CCOC(C)C(=O)N1CC(C(=O)O)CCC1C. The van der Waals surface area contributed by atoms with Crippen LogP contribution in [0.1, 0.15) is 33.6 Å². The normalized spacial score (nSPS) is 26.6. The minimum absolute atomic E-state index is 0.0982. The van der Waals surface area contributed by atoms with Gasteiger partial charge < -0.3 is 14.7 Å². The smallest absolute Gasteiger partial charge is 0.308 e. The van der Waals surface area contributed by atoms with Gasteiger partial charge in [-0.15, -0.1) is 0 Å². The van der Waals surface area contributed by atoms with Gasteiger partial charge in [-0.2, -0.15) is 0 Å². The van der Waals surface area contributed by atoms with Crippen molar-refractivity contribution in [3.63, 3.8) is 0 Å².